The number of nitrogens with one attached hydrogen (secondary N) is 1. The minimum atomic E-state index is -0.272. The average molecular weight is 366 g/mol. The minimum Gasteiger partial charge on any atom is -0.348 e. The van der Waals surface area contributed by atoms with Gasteiger partial charge < -0.3 is 5.32 Å². The molecule has 1 aromatic rings. The molecule has 3 aliphatic rings. The molecule has 27 heavy (non-hydrogen) atoms. The van der Waals surface area contributed by atoms with Crippen LogP contribution in [0.3, 0.4) is 0 Å². The van der Waals surface area contributed by atoms with Gasteiger partial charge >= 0.3 is 0 Å². The summed E-state index contributed by atoms with van der Waals surface area (Å²) in [6.45, 7) is 4.05. The van der Waals surface area contributed by atoms with Crippen molar-refractivity contribution in [3.8, 4) is 0 Å². The van der Waals surface area contributed by atoms with Crippen LogP contribution >= 0.6 is 0 Å². The summed E-state index contributed by atoms with van der Waals surface area (Å²) < 4.78 is 0. The molecule has 2 bridgehead atoms. The SMILES string of the molecule is CC(C)C[C@H](NC(=O)CN1C(=O)[C@H]2[C@H](C1=O)[C@H]1C=C[C@H]2C1)c1ccccc1. The number of imide groups is 1. The first kappa shape index (κ1) is 18.0. The van der Waals surface area contributed by atoms with E-state index in [0.29, 0.717) is 5.92 Å². The van der Waals surface area contributed by atoms with Crippen molar-refractivity contribution in [3.63, 3.8) is 0 Å². The second-order valence-electron chi connectivity index (χ2n) is 8.42. The Morgan fingerprint density at radius 2 is 1.67 bits per heavy atom. The molecule has 0 radical (unpaired) electrons. The Morgan fingerprint density at radius 3 is 2.22 bits per heavy atom. The van der Waals surface area contributed by atoms with Gasteiger partial charge in [-0.2, -0.15) is 0 Å². The molecular weight excluding hydrogens is 340 g/mol. The number of hydrogen-bond acceptors (Lipinski definition) is 3. The van der Waals surface area contributed by atoms with Gasteiger partial charge in [-0.15, -0.1) is 0 Å². The number of fused-ring (bicyclic) bond motifs is 5. The molecule has 2 aliphatic carbocycles. The Balaban J connectivity index is 1.44. The largest absolute Gasteiger partial charge is 0.348 e. The second-order valence-corrected chi connectivity index (χ2v) is 8.42. The van der Waals surface area contributed by atoms with Crippen molar-refractivity contribution in [1.82, 2.24) is 10.2 Å². The summed E-state index contributed by atoms with van der Waals surface area (Å²) in [6.07, 6.45) is 5.83. The predicted octanol–water partition coefficient (Wildman–Crippen LogP) is 2.70. The molecule has 0 spiro atoms. The van der Waals surface area contributed by atoms with Crippen LogP contribution in [0.25, 0.3) is 0 Å². The molecule has 3 amide bonds. The van der Waals surface area contributed by atoms with E-state index in [-0.39, 0.29) is 54.0 Å². The lowest BCUT2D eigenvalue weighted by atomic mass is 9.85. The van der Waals surface area contributed by atoms with Crippen molar-refractivity contribution < 1.29 is 14.4 Å². The van der Waals surface area contributed by atoms with Gasteiger partial charge in [0.1, 0.15) is 6.54 Å². The van der Waals surface area contributed by atoms with E-state index in [1.165, 1.54) is 4.90 Å². The Kier molecular flexibility index (Phi) is 4.62. The summed E-state index contributed by atoms with van der Waals surface area (Å²) in [4.78, 5) is 39.4. The maximum atomic E-state index is 12.7. The van der Waals surface area contributed by atoms with E-state index >= 15 is 0 Å². The van der Waals surface area contributed by atoms with E-state index < -0.39 is 0 Å². The Morgan fingerprint density at radius 1 is 1.07 bits per heavy atom. The van der Waals surface area contributed by atoms with Gasteiger partial charge in [-0.05, 0) is 36.2 Å². The first-order valence-corrected chi connectivity index (χ1v) is 9.83. The number of carbonyl (C=O) groups is 3. The van der Waals surface area contributed by atoms with Crippen molar-refractivity contribution in [2.75, 3.05) is 6.54 Å². The summed E-state index contributed by atoms with van der Waals surface area (Å²) in [5.41, 5.74) is 1.04. The van der Waals surface area contributed by atoms with Crippen LogP contribution in [0.5, 0.6) is 0 Å². The first-order valence-electron chi connectivity index (χ1n) is 9.83. The molecular formula is C22H26N2O3. The Labute approximate surface area is 159 Å². The molecule has 1 N–H and O–H groups in total. The highest BCUT2D eigenvalue weighted by atomic mass is 16.2. The third-order valence-electron chi connectivity index (χ3n) is 6.11. The molecule has 1 aliphatic heterocycles. The molecule has 1 saturated carbocycles. The standard InChI is InChI=1S/C22H26N2O3/c1-13(2)10-17(14-6-4-3-5-7-14)23-18(25)12-24-21(26)19-15-8-9-16(11-15)20(19)22(24)27/h3-9,13,15-17,19-20H,10-12H2,1-2H3,(H,23,25)/t15-,16-,17-,19+,20+/m0/s1. The molecule has 5 atom stereocenters. The Hall–Kier alpha value is -2.43. The van der Waals surface area contributed by atoms with Gasteiger partial charge in [0.05, 0.1) is 17.9 Å². The Bertz CT molecular complexity index is 756. The summed E-state index contributed by atoms with van der Waals surface area (Å²) >= 11 is 0. The van der Waals surface area contributed by atoms with Crippen LogP contribution in [0.2, 0.25) is 0 Å². The average Bonchev–Trinajstić information content (AvgIpc) is 3.32. The third-order valence-corrected chi connectivity index (χ3v) is 6.11. The van der Waals surface area contributed by atoms with Gasteiger partial charge in [-0.1, -0.05) is 56.3 Å². The molecule has 4 rings (SSSR count). The topological polar surface area (TPSA) is 66.5 Å². The van der Waals surface area contributed by atoms with Crippen molar-refractivity contribution in [3.05, 3.63) is 48.0 Å². The van der Waals surface area contributed by atoms with E-state index in [9.17, 15) is 14.4 Å². The molecule has 1 heterocycles. The fourth-order valence-electron chi connectivity index (χ4n) is 4.94. The summed E-state index contributed by atoms with van der Waals surface area (Å²) in [7, 11) is 0. The zero-order valence-electron chi connectivity index (χ0n) is 15.8. The number of benzene rings is 1. The number of rotatable bonds is 6. The van der Waals surface area contributed by atoms with E-state index in [0.717, 1.165) is 18.4 Å². The number of likely N-dealkylation sites (tertiary alicyclic amines) is 1. The molecule has 5 nitrogen and oxygen atoms in total. The first-order chi connectivity index (χ1) is 13.0. The monoisotopic (exact) mass is 366 g/mol. The highest BCUT2D eigenvalue weighted by molar-refractivity contribution is 6.08. The molecule has 0 aromatic heterocycles. The van der Waals surface area contributed by atoms with Crippen LogP contribution < -0.4 is 5.32 Å². The van der Waals surface area contributed by atoms with Crippen LogP contribution in [0.1, 0.15) is 38.3 Å². The second kappa shape index (κ2) is 6.95. The molecule has 5 heteroatoms. The third kappa shape index (κ3) is 3.20. The van der Waals surface area contributed by atoms with Gasteiger partial charge in [0.15, 0.2) is 0 Å². The van der Waals surface area contributed by atoms with Crippen LogP contribution in [0, 0.1) is 29.6 Å². The number of nitrogens with zero attached hydrogens (tertiary/aromatic N) is 1. The van der Waals surface area contributed by atoms with Crippen molar-refractivity contribution in [2.24, 2.45) is 29.6 Å². The smallest absolute Gasteiger partial charge is 0.240 e. The number of carbonyl (C=O) groups excluding carboxylic acids is 3. The van der Waals surface area contributed by atoms with Gasteiger partial charge in [0, 0.05) is 0 Å². The fraction of sp³-hybridized carbons (Fsp3) is 0.500. The molecule has 2 fully saturated rings. The van der Waals surface area contributed by atoms with Crippen LogP contribution in [0.15, 0.2) is 42.5 Å². The van der Waals surface area contributed by atoms with Crippen LogP contribution in [-0.4, -0.2) is 29.2 Å². The molecule has 1 aromatic carbocycles. The summed E-state index contributed by atoms with van der Waals surface area (Å²) in [6, 6.07) is 9.71. The number of allylic oxidation sites excluding steroid dienone is 2. The van der Waals surface area contributed by atoms with Gasteiger partial charge in [0.2, 0.25) is 17.7 Å². The maximum Gasteiger partial charge on any atom is 0.240 e. The molecule has 142 valence electrons. The van der Waals surface area contributed by atoms with Crippen LogP contribution in [0.4, 0.5) is 0 Å². The highest BCUT2D eigenvalue weighted by Crippen LogP contribution is 2.52. The molecule has 0 unspecified atom stereocenters. The van der Waals surface area contributed by atoms with E-state index in [1.807, 2.05) is 30.3 Å². The minimum absolute atomic E-state index is 0.121. The van der Waals surface area contributed by atoms with Gasteiger partial charge in [-0.25, -0.2) is 0 Å². The molecule has 1 saturated heterocycles. The highest BCUT2D eigenvalue weighted by Gasteiger charge is 2.59. The normalized spacial score (nSPS) is 29.5. The zero-order chi connectivity index (χ0) is 19.1. The van der Waals surface area contributed by atoms with Gasteiger partial charge in [0.25, 0.3) is 0 Å². The lowest BCUT2D eigenvalue weighted by Gasteiger charge is -2.23. The number of amides is 3. The maximum absolute atomic E-state index is 12.7. The van der Waals surface area contributed by atoms with E-state index in [2.05, 4.69) is 31.3 Å². The van der Waals surface area contributed by atoms with Crippen LogP contribution in [-0.2, 0) is 14.4 Å². The van der Waals surface area contributed by atoms with Crippen molar-refractivity contribution >= 4 is 17.7 Å². The summed E-state index contributed by atoms with van der Waals surface area (Å²) in [5, 5.41) is 3.04. The van der Waals surface area contributed by atoms with E-state index in [1.54, 1.807) is 0 Å². The quantitative estimate of drug-likeness (QED) is 0.622. The number of hydrogen-bond donors (Lipinski definition) is 1. The predicted molar refractivity (Wildman–Crippen MR) is 101 cm³/mol. The van der Waals surface area contributed by atoms with Crippen molar-refractivity contribution in [2.45, 2.75) is 32.7 Å². The fourth-order valence-corrected chi connectivity index (χ4v) is 4.94. The summed E-state index contributed by atoms with van der Waals surface area (Å²) in [5.74, 6) is -0.362. The van der Waals surface area contributed by atoms with Crippen molar-refractivity contribution in [1.29, 1.82) is 0 Å². The zero-order valence-corrected chi connectivity index (χ0v) is 15.8. The lowest BCUT2D eigenvalue weighted by molar-refractivity contribution is -0.144. The van der Waals surface area contributed by atoms with Gasteiger partial charge in [-0.3, -0.25) is 19.3 Å². The van der Waals surface area contributed by atoms with E-state index in [4.69, 9.17) is 0 Å². The lowest BCUT2D eigenvalue weighted by Crippen LogP contribution is -2.43.